The lowest BCUT2D eigenvalue weighted by molar-refractivity contribution is -0.155. The van der Waals surface area contributed by atoms with Crippen molar-refractivity contribution in [2.24, 2.45) is 5.16 Å². The molecule has 1 heterocycles. The van der Waals surface area contributed by atoms with Gasteiger partial charge >= 0.3 is 11.6 Å². The van der Waals surface area contributed by atoms with Gasteiger partial charge in [0, 0.05) is 11.6 Å². The highest BCUT2D eigenvalue weighted by atomic mass is 19.1. The Morgan fingerprint density at radius 2 is 2.06 bits per heavy atom. The van der Waals surface area contributed by atoms with Crippen LogP contribution in [0.2, 0.25) is 0 Å². The lowest BCUT2D eigenvalue weighted by atomic mass is 9.95. The van der Waals surface area contributed by atoms with Gasteiger partial charge < -0.3 is 9.94 Å². The first-order valence-corrected chi connectivity index (χ1v) is 4.83. The molecule has 1 N–H and O–H groups in total. The number of carboxylic acid groups (broad SMARTS) is 1. The smallest absolute Gasteiger partial charge is 0.366 e. The van der Waals surface area contributed by atoms with E-state index >= 15 is 0 Å². The van der Waals surface area contributed by atoms with Gasteiger partial charge in [-0.3, -0.25) is 0 Å². The van der Waals surface area contributed by atoms with Crippen LogP contribution in [0.1, 0.15) is 12.0 Å². The number of carboxylic acids is 1. The zero-order valence-corrected chi connectivity index (χ0v) is 8.85. The van der Waals surface area contributed by atoms with E-state index in [9.17, 15) is 13.6 Å². The first-order chi connectivity index (χ1) is 8.47. The van der Waals surface area contributed by atoms with Crippen LogP contribution in [0, 0.1) is 23.0 Å². The average Bonchev–Trinajstić information content (AvgIpc) is 2.73. The summed E-state index contributed by atoms with van der Waals surface area (Å²) in [5, 5.41) is 21.1. The van der Waals surface area contributed by atoms with Crippen LogP contribution in [0.4, 0.5) is 8.78 Å². The summed E-state index contributed by atoms with van der Waals surface area (Å²) >= 11 is 0. The third kappa shape index (κ3) is 1.88. The fourth-order valence-corrected chi connectivity index (χ4v) is 1.53. The molecule has 1 atom stereocenters. The summed E-state index contributed by atoms with van der Waals surface area (Å²) in [7, 11) is 0. The van der Waals surface area contributed by atoms with E-state index in [2.05, 4.69) is 9.99 Å². The largest absolute Gasteiger partial charge is 0.477 e. The van der Waals surface area contributed by atoms with E-state index < -0.39 is 23.2 Å². The second-order valence-electron chi connectivity index (χ2n) is 3.71. The van der Waals surface area contributed by atoms with Crippen LogP contribution in [0.3, 0.4) is 0 Å². The Morgan fingerprint density at radius 3 is 2.50 bits per heavy atom. The van der Waals surface area contributed by atoms with E-state index in [1.54, 1.807) is 0 Å². The molecule has 1 aliphatic heterocycles. The van der Waals surface area contributed by atoms with Crippen molar-refractivity contribution in [1.29, 1.82) is 5.26 Å². The van der Waals surface area contributed by atoms with Crippen molar-refractivity contribution in [3.63, 3.8) is 0 Å². The van der Waals surface area contributed by atoms with Crippen LogP contribution in [-0.4, -0.2) is 22.4 Å². The van der Waals surface area contributed by atoms with Crippen molar-refractivity contribution >= 4 is 11.7 Å². The molecule has 0 bridgehead atoms. The highest BCUT2D eigenvalue weighted by Gasteiger charge is 2.48. The summed E-state index contributed by atoms with van der Waals surface area (Å²) in [6, 6.07) is 4.13. The minimum atomic E-state index is -2.13. The molecule has 2 rings (SSSR count). The molecule has 0 spiro atoms. The highest BCUT2D eigenvalue weighted by Crippen LogP contribution is 2.27. The average molecular weight is 252 g/mol. The number of hydrogen-bond acceptors (Lipinski definition) is 4. The number of oxime groups is 1. The molecule has 1 aromatic carbocycles. The van der Waals surface area contributed by atoms with E-state index in [0.717, 1.165) is 12.1 Å². The van der Waals surface area contributed by atoms with Crippen molar-refractivity contribution in [1.82, 2.24) is 0 Å². The molecule has 1 unspecified atom stereocenters. The van der Waals surface area contributed by atoms with Gasteiger partial charge in [-0.2, -0.15) is 5.26 Å². The standard InChI is InChI=1S/C11H6F2N2O3/c12-7-1-6(2-8(13)3-7)9-4-11(5-14,10(16)17)18-15-9/h1-3H,4H2,(H,16,17). The number of benzene rings is 1. The van der Waals surface area contributed by atoms with Gasteiger partial charge in [-0.25, -0.2) is 13.6 Å². The first-order valence-electron chi connectivity index (χ1n) is 4.83. The number of carbonyl (C=O) groups is 1. The number of hydrogen-bond donors (Lipinski definition) is 1. The van der Waals surface area contributed by atoms with Crippen LogP contribution < -0.4 is 0 Å². The van der Waals surface area contributed by atoms with Crippen molar-refractivity contribution < 1.29 is 23.5 Å². The monoisotopic (exact) mass is 252 g/mol. The Balaban J connectivity index is 2.34. The molecule has 92 valence electrons. The molecule has 5 nitrogen and oxygen atoms in total. The summed E-state index contributed by atoms with van der Waals surface area (Å²) in [4.78, 5) is 15.5. The lowest BCUT2D eigenvalue weighted by Gasteiger charge is -2.11. The predicted octanol–water partition coefficient (Wildman–Crippen LogP) is 1.44. The molecule has 1 aliphatic rings. The highest BCUT2D eigenvalue weighted by molar-refractivity contribution is 6.05. The summed E-state index contributed by atoms with van der Waals surface area (Å²) in [5.41, 5.74) is -2.07. The molecule has 0 amide bonds. The second kappa shape index (κ2) is 4.07. The molecule has 1 aromatic rings. The normalized spacial score (nSPS) is 21.9. The molecule has 0 aliphatic carbocycles. The number of rotatable bonds is 2. The molecular formula is C11H6F2N2O3. The number of aliphatic carboxylic acids is 1. The van der Waals surface area contributed by atoms with Crippen LogP contribution in [0.15, 0.2) is 23.4 Å². The fourth-order valence-electron chi connectivity index (χ4n) is 1.53. The summed E-state index contributed by atoms with van der Waals surface area (Å²) in [6.07, 6.45) is -0.373. The predicted molar refractivity (Wildman–Crippen MR) is 54.6 cm³/mol. The molecular weight excluding hydrogens is 246 g/mol. The SMILES string of the molecule is N#CC1(C(=O)O)CC(c2cc(F)cc(F)c2)=NO1. The van der Waals surface area contributed by atoms with Crippen LogP contribution in [-0.2, 0) is 9.63 Å². The van der Waals surface area contributed by atoms with Gasteiger partial charge in [-0.05, 0) is 12.1 Å². The molecule has 0 saturated heterocycles. The maximum absolute atomic E-state index is 13.0. The molecule has 18 heavy (non-hydrogen) atoms. The molecule has 0 aromatic heterocycles. The Hall–Kier alpha value is -2.49. The van der Waals surface area contributed by atoms with Gasteiger partial charge in [0.05, 0.1) is 12.1 Å². The molecule has 0 saturated carbocycles. The lowest BCUT2D eigenvalue weighted by Crippen LogP contribution is -2.37. The second-order valence-corrected chi connectivity index (χ2v) is 3.71. The van der Waals surface area contributed by atoms with Crippen LogP contribution in [0.25, 0.3) is 0 Å². The van der Waals surface area contributed by atoms with Gasteiger partial charge in [0.1, 0.15) is 17.7 Å². The van der Waals surface area contributed by atoms with Gasteiger partial charge in [-0.15, -0.1) is 0 Å². The quantitative estimate of drug-likeness (QED) is 0.863. The Kier molecular flexibility index (Phi) is 2.71. The van der Waals surface area contributed by atoms with Crippen molar-refractivity contribution in [2.75, 3.05) is 0 Å². The van der Waals surface area contributed by atoms with E-state index in [-0.39, 0.29) is 17.7 Å². The van der Waals surface area contributed by atoms with E-state index in [4.69, 9.17) is 10.4 Å². The van der Waals surface area contributed by atoms with Gasteiger partial charge in [0.15, 0.2) is 0 Å². The summed E-state index contributed by atoms with van der Waals surface area (Å²) in [6.45, 7) is 0. The molecule has 7 heteroatoms. The summed E-state index contributed by atoms with van der Waals surface area (Å²) in [5.74, 6) is -3.14. The Bertz CT molecular complexity index is 574. The third-order valence-corrected chi connectivity index (χ3v) is 2.45. The van der Waals surface area contributed by atoms with Crippen molar-refractivity contribution in [3.05, 3.63) is 35.4 Å². The van der Waals surface area contributed by atoms with Gasteiger partial charge in [0.2, 0.25) is 0 Å². The number of nitrogens with zero attached hydrogens (tertiary/aromatic N) is 2. The molecule has 0 radical (unpaired) electrons. The number of nitriles is 1. The van der Waals surface area contributed by atoms with Crippen molar-refractivity contribution in [2.45, 2.75) is 12.0 Å². The topological polar surface area (TPSA) is 82.7 Å². The summed E-state index contributed by atoms with van der Waals surface area (Å²) < 4.78 is 26.0. The van der Waals surface area contributed by atoms with Gasteiger partial charge in [0.25, 0.3) is 0 Å². The van der Waals surface area contributed by atoms with E-state index in [1.807, 2.05) is 0 Å². The van der Waals surface area contributed by atoms with Crippen molar-refractivity contribution in [3.8, 4) is 6.07 Å². The fraction of sp³-hybridized carbons (Fsp3) is 0.182. The third-order valence-electron chi connectivity index (χ3n) is 2.45. The van der Waals surface area contributed by atoms with Crippen LogP contribution >= 0.6 is 0 Å². The number of halogens is 2. The Morgan fingerprint density at radius 1 is 1.44 bits per heavy atom. The minimum absolute atomic E-state index is 0.0114. The molecule has 0 fully saturated rings. The zero-order chi connectivity index (χ0) is 13.3. The zero-order valence-electron chi connectivity index (χ0n) is 8.85. The van der Waals surface area contributed by atoms with E-state index in [1.165, 1.54) is 6.07 Å². The van der Waals surface area contributed by atoms with E-state index in [0.29, 0.717) is 6.07 Å². The first kappa shape index (κ1) is 12.0. The maximum Gasteiger partial charge on any atom is 0.366 e. The maximum atomic E-state index is 13.0. The minimum Gasteiger partial charge on any atom is -0.477 e. The van der Waals surface area contributed by atoms with Crippen LogP contribution in [0.5, 0.6) is 0 Å². The Labute approximate surface area is 99.9 Å². The van der Waals surface area contributed by atoms with Gasteiger partial charge in [-0.1, -0.05) is 5.16 Å².